The fourth-order valence-corrected chi connectivity index (χ4v) is 3.35. The van der Waals surface area contributed by atoms with Crippen LogP contribution in [0.3, 0.4) is 0 Å². The van der Waals surface area contributed by atoms with E-state index in [1.807, 2.05) is 12.1 Å². The third-order valence-corrected chi connectivity index (χ3v) is 4.86. The molecule has 0 bridgehead atoms. The molecule has 0 saturated carbocycles. The normalized spacial score (nSPS) is 20.0. The molecule has 1 aromatic carbocycles. The van der Waals surface area contributed by atoms with Gasteiger partial charge < -0.3 is 10.1 Å². The summed E-state index contributed by atoms with van der Waals surface area (Å²) in [6, 6.07) is 7.15. The number of ether oxygens (including phenoxy) is 1. The van der Waals surface area contributed by atoms with Gasteiger partial charge in [0.1, 0.15) is 5.75 Å². The van der Waals surface area contributed by atoms with Crippen LogP contribution in [0.5, 0.6) is 5.75 Å². The number of nitrogens with zero attached hydrogens (tertiary/aromatic N) is 1. The van der Waals surface area contributed by atoms with Crippen LogP contribution in [0, 0.1) is 5.92 Å². The van der Waals surface area contributed by atoms with Gasteiger partial charge in [0.15, 0.2) is 0 Å². The van der Waals surface area contributed by atoms with Gasteiger partial charge in [0.05, 0.1) is 25.0 Å². The van der Waals surface area contributed by atoms with Crippen molar-refractivity contribution in [2.24, 2.45) is 5.92 Å². The Morgan fingerprint density at radius 1 is 1.38 bits per heavy atom. The van der Waals surface area contributed by atoms with Crippen molar-refractivity contribution < 1.29 is 17.9 Å². The molecule has 1 atom stereocenters. The van der Waals surface area contributed by atoms with E-state index in [4.69, 9.17) is 4.74 Å². The van der Waals surface area contributed by atoms with E-state index in [0.717, 1.165) is 0 Å². The molecule has 0 spiro atoms. The largest absolute Gasteiger partial charge is 0.495 e. The number of para-hydroxylation sites is 2. The van der Waals surface area contributed by atoms with Crippen molar-refractivity contribution in [3.8, 4) is 5.75 Å². The summed E-state index contributed by atoms with van der Waals surface area (Å²) in [7, 11) is -1.71. The molecule has 1 heterocycles. The number of nitrogens with one attached hydrogen (secondary N) is 1. The Hall–Kier alpha value is -1.60. The monoisotopic (exact) mass is 312 g/mol. The minimum Gasteiger partial charge on any atom is -0.495 e. The van der Waals surface area contributed by atoms with E-state index in [0.29, 0.717) is 30.8 Å². The second-order valence-corrected chi connectivity index (χ2v) is 7.13. The lowest BCUT2D eigenvalue weighted by molar-refractivity contribution is -0.120. The molecule has 2 rings (SSSR count). The number of anilines is 1. The Bertz CT molecular complexity index is 615. The molecule has 1 aliphatic rings. The zero-order chi connectivity index (χ0) is 15.5. The number of amides is 1. The Balaban J connectivity index is 2.06. The molecule has 7 heteroatoms. The number of hydrogen-bond acceptors (Lipinski definition) is 4. The van der Waals surface area contributed by atoms with Crippen LogP contribution in [-0.2, 0) is 14.8 Å². The van der Waals surface area contributed by atoms with Crippen LogP contribution in [0.4, 0.5) is 5.69 Å². The van der Waals surface area contributed by atoms with E-state index in [2.05, 4.69) is 5.32 Å². The maximum atomic E-state index is 12.3. The maximum absolute atomic E-state index is 12.3. The van der Waals surface area contributed by atoms with Crippen molar-refractivity contribution >= 4 is 21.6 Å². The highest BCUT2D eigenvalue weighted by atomic mass is 32.2. The summed E-state index contributed by atoms with van der Waals surface area (Å²) in [5.41, 5.74) is 0.599. The molecule has 0 aromatic heterocycles. The van der Waals surface area contributed by atoms with E-state index in [9.17, 15) is 13.2 Å². The summed E-state index contributed by atoms with van der Waals surface area (Å²) in [6.45, 7) is 0.719. The molecule has 1 amide bonds. The van der Waals surface area contributed by atoms with Gasteiger partial charge in [0.2, 0.25) is 15.9 Å². The van der Waals surface area contributed by atoms with Gasteiger partial charge >= 0.3 is 0 Å². The van der Waals surface area contributed by atoms with Crippen LogP contribution in [0.15, 0.2) is 24.3 Å². The Morgan fingerprint density at radius 2 is 2.10 bits per heavy atom. The average Bonchev–Trinajstić information content (AvgIpc) is 2.47. The van der Waals surface area contributed by atoms with E-state index in [1.54, 1.807) is 12.1 Å². The highest BCUT2D eigenvalue weighted by Gasteiger charge is 2.30. The summed E-state index contributed by atoms with van der Waals surface area (Å²) < 4.78 is 29.7. The fraction of sp³-hybridized carbons (Fsp3) is 0.500. The van der Waals surface area contributed by atoms with E-state index in [1.165, 1.54) is 17.7 Å². The Morgan fingerprint density at radius 3 is 2.76 bits per heavy atom. The van der Waals surface area contributed by atoms with Crippen molar-refractivity contribution in [1.29, 1.82) is 0 Å². The predicted octanol–water partition coefficient (Wildman–Crippen LogP) is 1.31. The smallest absolute Gasteiger partial charge is 0.228 e. The summed E-state index contributed by atoms with van der Waals surface area (Å²) >= 11 is 0. The van der Waals surface area contributed by atoms with Gasteiger partial charge in [0.25, 0.3) is 0 Å². The van der Waals surface area contributed by atoms with Gasteiger partial charge in [-0.3, -0.25) is 4.79 Å². The highest BCUT2D eigenvalue weighted by molar-refractivity contribution is 7.88. The van der Waals surface area contributed by atoms with Crippen LogP contribution >= 0.6 is 0 Å². The van der Waals surface area contributed by atoms with Crippen LogP contribution in [0.2, 0.25) is 0 Å². The lowest BCUT2D eigenvalue weighted by Crippen LogP contribution is -2.43. The van der Waals surface area contributed by atoms with Gasteiger partial charge in [0, 0.05) is 13.1 Å². The Labute approximate surface area is 125 Å². The third kappa shape index (κ3) is 3.95. The summed E-state index contributed by atoms with van der Waals surface area (Å²) in [4.78, 5) is 12.3. The second-order valence-electron chi connectivity index (χ2n) is 5.15. The van der Waals surface area contributed by atoms with E-state index < -0.39 is 10.0 Å². The molecular weight excluding hydrogens is 292 g/mol. The highest BCUT2D eigenvalue weighted by Crippen LogP contribution is 2.25. The van der Waals surface area contributed by atoms with Crippen molar-refractivity contribution in [1.82, 2.24) is 4.31 Å². The number of carbonyl (C=O) groups is 1. The molecule has 1 fully saturated rings. The lowest BCUT2D eigenvalue weighted by atomic mass is 9.98. The molecule has 0 unspecified atom stereocenters. The van der Waals surface area contributed by atoms with Crippen molar-refractivity contribution in [3.05, 3.63) is 24.3 Å². The topological polar surface area (TPSA) is 75.7 Å². The van der Waals surface area contributed by atoms with Gasteiger partial charge in [-0.1, -0.05) is 12.1 Å². The van der Waals surface area contributed by atoms with Gasteiger partial charge in [-0.05, 0) is 25.0 Å². The van der Waals surface area contributed by atoms with Crippen molar-refractivity contribution in [2.45, 2.75) is 12.8 Å². The molecule has 1 aromatic rings. The number of carbonyl (C=O) groups excluding carboxylic acids is 1. The molecule has 0 aliphatic carbocycles. The zero-order valence-corrected chi connectivity index (χ0v) is 13.0. The van der Waals surface area contributed by atoms with Crippen LogP contribution in [0.1, 0.15) is 12.8 Å². The molecule has 116 valence electrons. The molecule has 1 N–H and O–H groups in total. The third-order valence-electron chi connectivity index (χ3n) is 3.59. The first-order valence-electron chi connectivity index (χ1n) is 6.81. The first-order valence-corrected chi connectivity index (χ1v) is 8.65. The molecule has 1 aliphatic heterocycles. The van der Waals surface area contributed by atoms with Gasteiger partial charge in [-0.2, -0.15) is 0 Å². The minimum atomic E-state index is -3.25. The summed E-state index contributed by atoms with van der Waals surface area (Å²) in [5.74, 6) is 0.0767. The van der Waals surface area contributed by atoms with Crippen molar-refractivity contribution in [2.75, 3.05) is 31.8 Å². The number of sulfonamides is 1. The Kier molecular flexibility index (Phi) is 4.84. The number of piperidine rings is 1. The fourth-order valence-electron chi connectivity index (χ4n) is 2.44. The first kappa shape index (κ1) is 15.8. The number of benzene rings is 1. The number of hydrogen-bond donors (Lipinski definition) is 1. The van der Waals surface area contributed by atoms with Crippen LogP contribution < -0.4 is 10.1 Å². The molecule has 0 radical (unpaired) electrons. The van der Waals surface area contributed by atoms with Crippen molar-refractivity contribution in [3.63, 3.8) is 0 Å². The number of rotatable bonds is 4. The quantitative estimate of drug-likeness (QED) is 0.909. The molecule has 6 nitrogen and oxygen atoms in total. The number of methoxy groups -OCH3 is 1. The first-order chi connectivity index (χ1) is 9.91. The molecule has 1 saturated heterocycles. The maximum Gasteiger partial charge on any atom is 0.228 e. The van der Waals surface area contributed by atoms with Gasteiger partial charge in [-0.15, -0.1) is 0 Å². The average molecular weight is 312 g/mol. The second kappa shape index (κ2) is 6.44. The minimum absolute atomic E-state index is 0.173. The summed E-state index contributed by atoms with van der Waals surface area (Å²) in [5, 5.41) is 2.82. The summed E-state index contributed by atoms with van der Waals surface area (Å²) in [6.07, 6.45) is 2.55. The van der Waals surface area contributed by atoms with E-state index in [-0.39, 0.29) is 18.4 Å². The lowest BCUT2D eigenvalue weighted by Gasteiger charge is -2.30. The van der Waals surface area contributed by atoms with Crippen LogP contribution in [-0.4, -0.2) is 45.1 Å². The predicted molar refractivity (Wildman–Crippen MR) is 80.8 cm³/mol. The zero-order valence-electron chi connectivity index (χ0n) is 12.2. The standard InChI is InChI=1S/C14H20N2O4S/c1-20-13-8-4-3-7-12(13)15-14(17)11-6-5-9-16(10-11)21(2,18)19/h3-4,7-8,11H,5-6,9-10H2,1-2H3,(H,15,17)/t11-/m1/s1. The SMILES string of the molecule is COc1ccccc1NC(=O)[C@@H]1CCCN(S(C)(=O)=O)C1. The van der Waals surface area contributed by atoms with Gasteiger partial charge in [-0.25, -0.2) is 12.7 Å². The molecule has 21 heavy (non-hydrogen) atoms. The van der Waals surface area contributed by atoms with Crippen LogP contribution in [0.25, 0.3) is 0 Å². The molecular formula is C14H20N2O4S. The van der Waals surface area contributed by atoms with E-state index >= 15 is 0 Å².